The Balaban J connectivity index is 1.72. The number of carbonyl (C=O) groups excluding carboxylic acids is 1. The molecule has 1 aromatic carbocycles. The summed E-state index contributed by atoms with van der Waals surface area (Å²) in [6, 6.07) is 9.33. The molecule has 23 heavy (non-hydrogen) atoms. The van der Waals surface area contributed by atoms with E-state index in [0.717, 1.165) is 5.56 Å². The number of alkyl halides is 1. The summed E-state index contributed by atoms with van der Waals surface area (Å²) < 4.78 is 17.3. The second kappa shape index (κ2) is 5.12. The predicted molar refractivity (Wildman–Crippen MR) is 79.7 cm³/mol. The number of carbonyl (C=O) groups is 1. The van der Waals surface area contributed by atoms with Crippen molar-refractivity contribution in [3.05, 3.63) is 65.5 Å². The number of hydrogen-bond donors (Lipinski definition) is 0. The summed E-state index contributed by atoms with van der Waals surface area (Å²) in [5, 5.41) is 8.23. The molecule has 116 valence electrons. The number of halogens is 1. The van der Waals surface area contributed by atoms with Crippen molar-refractivity contribution >= 4 is 5.78 Å². The molecule has 2 aromatic heterocycles. The van der Waals surface area contributed by atoms with Gasteiger partial charge in [-0.3, -0.25) is 9.48 Å². The molecule has 0 amide bonds. The molecule has 0 fully saturated rings. The van der Waals surface area contributed by atoms with Gasteiger partial charge < -0.3 is 0 Å². The van der Waals surface area contributed by atoms with Crippen LogP contribution in [0.3, 0.4) is 0 Å². The first-order chi connectivity index (χ1) is 11.1. The second-order valence-electron chi connectivity index (χ2n) is 5.60. The van der Waals surface area contributed by atoms with Gasteiger partial charge in [0, 0.05) is 19.7 Å². The van der Waals surface area contributed by atoms with Crippen molar-refractivity contribution in [2.45, 2.75) is 18.6 Å². The van der Waals surface area contributed by atoms with E-state index in [-0.39, 0.29) is 23.5 Å². The molecule has 6 nitrogen and oxygen atoms in total. The van der Waals surface area contributed by atoms with Crippen LogP contribution in [0.15, 0.2) is 42.7 Å². The van der Waals surface area contributed by atoms with Gasteiger partial charge in [-0.1, -0.05) is 30.3 Å². The van der Waals surface area contributed by atoms with Crippen molar-refractivity contribution in [2.75, 3.05) is 0 Å². The van der Waals surface area contributed by atoms with Crippen molar-refractivity contribution in [1.82, 2.24) is 24.5 Å². The number of aryl methyl sites for hydroxylation is 1. The molecule has 7 heteroatoms. The van der Waals surface area contributed by atoms with Gasteiger partial charge in [0.2, 0.25) is 11.6 Å². The van der Waals surface area contributed by atoms with E-state index in [9.17, 15) is 9.18 Å². The summed E-state index contributed by atoms with van der Waals surface area (Å²) in [7, 11) is 1.72. The summed E-state index contributed by atoms with van der Waals surface area (Å²) in [6.45, 7) is 0. The van der Waals surface area contributed by atoms with E-state index in [4.69, 9.17) is 0 Å². The number of ketones is 1. The summed E-state index contributed by atoms with van der Waals surface area (Å²) in [6.07, 6.45) is 2.12. The van der Waals surface area contributed by atoms with Crippen LogP contribution in [0.5, 0.6) is 0 Å². The number of benzene rings is 1. The quantitative estimate of drug-likeness (QED) is 0.696. The van der Waals surface area contributed by atoms with Crippen molar-refractivity contribution in [3.63, 3.8) is 0 Å². The van der Waals surface area contributed by atoms with Crippen LogP contribution in [0.1, 0.15) is 46.2 Å². The lowest BCUT2D eigenvalue weighted by atomic mass is 10.0. The number of rotatable bonds is 3. The molecule has 0 N–H and O–H groups in total. The molecule has 3 aromatic rings. The lowest BCUT2D eigenvalue weighted by Gasteiger charge is -2.11. The van der Waals surface area contributed by atoms with E-state index >= 15 is 0 Å². The van der Waals surface area contributed by atoms with Crippen LogP contribution in [0.4, 0.5) is 4.39 Å². The van der Waals surface area contributed by atoms with E-state index in [2.05, 4.69) is 15.2 Å². The average molecular weight is 311 g/mol. The van der Waals surface area contributed by atoms with Crippen LogP contribution in [-0.2, 0) is 7.05 Å². The van der Waals surface area contributed by atoms with Crippen LogP contribution in [0.25, 0.3) is 0 Å². The fourth-order valence-corrected chi connectivity index (χ4v) is 2.90. The molecule has 0 radical (unpaired) electrons. The van der Waals surface area contributed by atoms with Gasteiger partial charge in [0.05, 0.1) is 17.8 Å². The monoisotopic (exact) mass is 311 g/mol. The van der Waals surface area contributed by atoms with Crippen molar-refractivity contribution in [2.24, 2.45) is 7.05 Å². The first-order valence-corrected chi connectivity index (χ1v) is 7.32. The molecular weight excluding hydrogens is 297 g/mol. The standard InChI is InChI=1S/C16H14FN5O/c1-21-9-11(8-18-21)14(23)15-19-16-12(17)7-13(22(16)20-15)10-5-3-2-4-6-10/h2-6,8-9,12-13H,7H2,1H3. The third kappa shape index (κ3) is 2.25. The van der Waals surface area contributed by atoms with Crippen LogP contribution in [0, 0.1) is 0 Å². The number of fused-ring (bicyclic) bond motifs is 1. The van der Waals surface area contributed by atoms with E-state index in [1.165, 1.54) is 15.6 Å². The highest BCUT2D eigenvalue weighted by molar-refractivity contribution is 6.06. The maximum atomic E-state index is 14.3. The zero-order valence-corrected chi connectivity index (χ0v) is 12.4. The molecule has 3 heterocycles. The highest BCUT2D eigenvalue weighted by Gasteiger charge is 2.36. The fraction of sp³-hybridized carbons (Fsp3) is 0.250. The lowest BCUT2D eigenvalue weighted by molar-refractivity contribution is 0.102. The molecule has 0 aliphatic carbocycles. The van der Waals surface area contributed by atoms with Crippen LogP contribution in [0.2, 0.25) is 0 Å². The molecular formula is C16H14FN5O. The Labute approximate surface area is 131 Å². The minimum atomic E-state index is -1.22. The first kappa shape index (κ1) is 13.8. The molecule has 1 aliphatic rings. The van der Waals surface area contributed by atoms with Gasteiger partial charge in [0.25, 0.3) is 0 Å². The SMILES string of the molecule is Cn1cc(C(=O)c2nc3n(n2)C(c2ccccc2)CC3F)cn1. The third-order valence-electron chi connectivity index (χ3n) is 4.02. The van der Waals surface area contributed by atoms with Crippen molar-refractivity contribution < 1.29 is 9.18 Å². The van der Waals surface area contributed by atoms with Crippen LogP contribution >= 0.6 is 0 Å². The molecule has 2 atom stereocenters. The second-order valence-corrected chi connectivity index (χ2v) is 5.60. The highest BCUT2D eigenvalue weighted by atomic mass is 19.1. The van der Waals surface area contributed by atoms with Gasteiger partial charge in [-0.15, -0.1) is 5.10 Å². The Morgan fingerprint density at radius 1 is 1.30 bits per heavy atom. The number of hydrogen-bond acceptors (Lipinski definition) is 4. The maximum absolute atomic E-state index is 14.3. The first-order valence-electron chi connectivity index (χ1n) is 7.32. The highest BCUT2D eigenvalue weighted by Crippen LogP contribution is 2.39. The molecule has 2 unspecified atom stereocenters. The Morgan fingerprint density at radius 3 is 2.78 bits per heavy atom. The van der Waals surface area contributed by atoms with Crippen LogP contribution < -0.4 is 0 Å². The third-order valence-corrected chi connectivity index (χ3v) is 4.02. The Hall–Kier alpha value is -2.83. The van der Waals surface area contributed by atoms with Gasteiger partial charge in [-0.2, -0.15) is 5.10 Å². The molecule has 0 bridgehead atoms. The van der Waals surface area contributed by atoms with Gasteiger partial charge in [0.1, 0.15) is 0 Å². The van der Waals surface area contributed by atoms with E-state index < -0.39 is 6.17 Å². The Morgan fingerprint density at radius 2 is 2.09 bits per heavy atom. The molecule has 0 spiro atoms. The minimum absolute atomic E-state index is 0.0104. The summed E-state index contributed by atoms with van der Waals surface area (Å²) in [5.41, 5.74) is 1.35. The van der Waals surface area contributed by atoms with Gasteiger partial charge in [-0.05, 0) is 5.56 Å². The van der Waals surface area contributed by atoms with E-state index in [1.54, 1.807) is 13.2 Å². The molecule has 1 aliphatic heterocycles. The van der Waals surface area contributed by atoms with Crippen molar-refractivity contribution in [1.29, 1.82) is 0 Å². The summed E-state index contributed by atoms with van der Waals surface area (Å²) in [5.74, 6) is -0.124. The van der Waals surface area contributed by atoms with Gasteiger partial charge in [-0.25, -0.2) is 14.1 Å². The van der Waals surface area contributed by atoms with Gasteiger partial charge >= 0.3 is 0 Å². The zero-order chi connectivity index (χ0) is 16.0. The van der Waals surface area contributed by atoms with E-state index in [1.807, 2.05) is 30.3 Å². The smallest absolute Gasteiger partial charge is 0.235 e. The Kier molecular flexibility index (Phi) is 3.07. The number of aromatic nitrogens is 5. The minimum Gasteiger partial charge on any atom is -0.285 e. The van der Waals surface area contributed by atoms with Gasteiger partial charge in [0.15, 0.2) is 12.0 Å². The average Bonchev–Trinajstić information content (AvgIpc) is 3.25. The maximum Gasteiger partial charge on any atom is 0.235 e. The topological polar surface area (TPSA) is 65.6 Å². The normalized spacial score (nSPS) is 19.7. The van der Waals surface area contributed by atoms with Crippen molar-refractivity contribution in [3.8, 4) is 0 Å². The summed E-state index contributed by atoms with van der Waals surface area (Å²) in [4.78, 5) is 16.5. The zero-order valence-electron chi connectivity index (χ0n) is 12.4. The van der Waals surface area contributed by atoms with Crippen LogP contribution in [-0.4, -0.2) is 30.3 Å². The fourth-order valence-electron chi connectivity index (χ4n) is 2.90. The Bertz CT molecular complexity index is 870. The molecule has 0 saturated carbocycles. The largest absolute Gasteiger partial charge is 0.285 e. The number of nitrogens with zero attached hydrogens (tertiary/aromatic N) is 5. The lowest BCUT2D eigenvalue weighted by Crippen LogP contribution is -2.10. The molecule has 4 rings (SSSR count). The predicted octanol–water partition coefficient (Wildman–Crippen LogP) is 2.25. The van der Waals surface area contributed by atoms with E-state index in [0.29, 0.717) is 12.0 Å². The summed E-state index contributed by atoms with van der Waals surface area (Å²) >= 11 is 0. The molecule has 0 saturated heterocycles.